The highest BCUT2D eigenvalue weighted by atomic mass is 16.5. The zero-order valence-electron chi connectivity index (χ0n) is 20.0. The molecule has 0 saturated heterocycles. The number of methoxy groups -OCH3 is 1. The van der Waals surface area contributed by atoms with Crippen molar-refractivity contribution in [3.63, 3.8) is 0 Å². The maximum absolute atomic E-state index is 13.3. The quantitative estimate of drug-likeness (QED) is 0.410. The molecule has 182 valence electrons. The second kappa shape index (κ2) is 8.82. The van der Waals surface area contributed by atoms with Crippen LogP contribution < -0.4 is 31.3 Å². The van der Waals surface area contributed by atoms with Crippen molar-refractivity contribution in [2.75, 3.05) is 25.1 Å². The van der Waals surface area contributed by atoms with Gasteiger partial charge in [-0.3, -0.25) is 4.79 Å². The Kier molecular flexibility index (Phi) is 5.65. The molecule has 1 aliphatic heterocycles. The first-order valence-corrected chi connectivity index (χ1v) is 11.5. The summed E-state index contributed by atoms with van der Waals surface area (Å²) in [6.07, 6.45) is 0. The summed E-state index contributed by atoms with van der Waals surface area (Å²) in [6, 6.07) is 14.4. The van der Waals surface area contributed by atoms with Gasteiger partial charge in [0.15, 0.2) is 5.75 Å². The minimum atomic E-state index is -1.06. The van der Waals surface area contributed by atoms with E-state index in [1.165, 1.54) is 7.11 Å². The van der Waals surface area contributed by atoms with Gasteiger partial charge >= 0.3 is 5.63 Å². The second-order valence-corrected chi connectivity index (χ2v) is 8.42. The Labute approximate surface area is 206 Å². The van der Waals surface area contributed by atoms with Gasteiger partial charge in [0.1, 0.15) is 23.0 Å². The van der Waals surface area contributed by atoms with E-state index in [2.05, 4.69) is 9.88 Å². The van der Waals surface area contributed by atoms with Crippen molar-refractivity contribution >= 4 is 27.6 Å². The third-order valence-corrected chi connectivity index (χ3v) is 6.57. The first-order valence-electron chi connectivity index (χ1n) is 11.5. The number of ether oxygens (including phenoxy) is 2. The van der Waals surface area contributed by atoms with Gasteiger partial charge in [0.05, 0.1) is 29.5 Å². The molecule has 36 heavy (non-hydrogen) atoms. The summed E-state index contributed by atoms with van der Waals surface area (Å²) in [5, 5.41) is 11.1. The Morgan fingerprint density at radius 1 is 1.14 bits per heavy atom. The van der Waals surface area contributed by atoms with Crippen LogP contribution in [0.15, 0.2) is 67.9 Å². The van der Waals surface area contributed by atoms with Gasteiger partial charge in [-0.25, -0.2) is 4.79 Å². The lowest BCUT2D eigenvalue weighted by molar-refractivity contribution is 0.388. The number of aromatic nitrogens is 1. The molecule has 2 aromatic heterocycles. The molecule has 1 unspecified atom stereocenters. The molecule has 0 spiro atoms. The minimum absolute atomic E-state index is 0.0349. The maximum atomic E-state index is 13.3. The molecule has 3 heterocycles. The summed E-state index contributed by atoms with van der Waals surface area (Å²) in [7, 11) is 1.54. The van der Waals surface area contributed by atoms with E-state index in [-0.39, 0.29) is 28.3 Å². The molecular formula is C27H24N4O5. The van der Waals surface area contributed by atoms with Crippen molar-refractivity contribution in [2.45, 2.75) is 19.8 Å². The Morgan fingerprint density at radius 2 is 1.92 bits per heavy atom. The van der Waals surface area contributed by atoms with Crippen molar-refractivity contribution < 1.29 is 13.9 Å². The summed E-state index contributed by atoms with van der Waals surface area (Å²) in [5.41, 5.74) is 6.98. The van der Waals surface area contributed by atoms with Gasteiger partial charge in [-0.1, -0.05) is 0 Å². The number of allylic oxidation sites excluding steroid dienone is 1. The van der Waals surface area contributed by atoms with E-state index in [0.29, 0.717) is 27.6 Å². The van der Waals surface area contributed by atoms with Gasteiger partial charge in [-0.15, -0.1) is 0 Å². The van der Waals surface area contributed by atoms with Gasteiger partial charge in [-0.2, -0.15) is 5.26 Å². The van der Waals surface area contributed by atoms with Crippen LogP contribution in [0.3, 0.4) is 0 Å². The fourth-order valence-electron chi connectivity index (χ4n) is 4.74. The molecule has 0 aliphatic carbocycles. The molecule has 1 aliphatic rings. The zero-order chi connectivity index (χ0) is 25.6. The SMILES string of the molecule is CCN(CC)c1ccc2c3c(c(=O)oc2c1)C(c1cc2ccc(OC)cc2[nH]c1=O)C(C#N)=C(N)O3. The van der Waals surface area contributed by atoms with Crippen LogP contribution in [0.25, 0.3) is 21.9 Å². The third kappa shape index (κ3) is 3.55. The van der Waals surface area contributed by atoms with Gasteiger partial charge in [0.25, 0.3) is 5.56 Å². The molecule has 1 atom stereocenters. The molecule has 4 aromatic rings. The van der Waals surface area contributed by atoms with Crippen LogP contribution in [0.4, 0.5) is 5.69 Å². The molecule has 5 rings (SSSR count). The van der Waals surface area contributed by atoms with Gasteiger partial charge in [0.2, 0.25) is 5.88 Å². The highest BCUT2D eigenvalue weighted by molar-refractivity contribution is 5.89. The number of benzene rings is 2. The number of hydrogen-bond donors (Lipinski definition) is 2. The molecule has 3 N–H and O–H groups in total. The van der Waals surface area contributed by atoms with Crippen molar-refractivity contribution in [1.29, 1.82) is 5.26 Å². The summed E-state index contributed by atoms with van der Waals surface area (Å²) in [5.74, 6) is -0.454. The largest absolute Gasteiger partial charge is 0.497 e. The molecule has 0 amide bonds. The highest BCUT2D eigenvalue weighted by Gasteiger charge is 2.37. The van der Waals surface area contributed by atoms with E-state index in [9.17, 15) is 14.9 Å². The fraction of sp³-hybridized carbons (Fsp3) is 0.222. The standard InChI is InChI=1S/C27H24N4O5/c1-4-31(5-2)15-7-9-17-21(11-15)35-27(33)23-22(19(13-28)25(29)36-24(17)23)18-10-14-6-8-16(34-3)12-20(14)30-26(18)32/h6-12,22H,4-5,29H2,1-3H3,(H,30,32). The fourth-order valence-corrected chi connectivity index (χ4v) is 4.74. The van der Waals surface area contributed by atoms with Crippen molar-refractivity contribution in [3.8, 4) is 17.6 Å². The molecule has 0 fully saturated rings. The van der Waals surface area contributed by atoms with Crippen LogP contribution in [0.5, 0.6) is 11.5 Å². The number of fused-ring (bicyclic) bond motifs is 4. The normalized spacial score (nSPS) is 14.9. The topological polar surface area (TPSA) is 135 Å². The van der Waals surface area contributed by atoms with Crippen LogP contribution in [0.2, 0.25) is 0 Å². The van der Waals surface area contributed by atoms with Crippen molar-refractivity contribution in [2.24, 2.45) is 5.73 Å². The van der Waals surface area contributed by atoms with Crippen LogP contribution in [-0.4, -0.2) is 25.2 Å². The van der Waals surface area contributed by atoms with E-state index >= 15 is 0 Å². The highest BCUT2D eigenvalue weighted by Crippen LogP contribution is 2.43. The van der Waals surface area contributed by atoms with Crippen LogP contribution in [-0.2, 0) is 0 Å². The minimum Gasteiger partial charge on any atom is -0.497 e. The number of anilines is 1. The smallest absolute Gasteiger partial charge is 0.344 e. The van der Waals surface area contributed by atoms with E-state index in [4.69, 9.17) is 19.6 Å². The number of nitrogens with two attached hydrogens (primary N) is 1. The van der Waals surface area contributed by atoms with Crippen molar-refractivity contribution in [1.82, 2.24) is 4.98 Å². The average Bonchev–Trinajstić information content (AvgIpc) is 2.88. The van der Waals surface area contributed by atoms with Gasteiger partial charge in [0, 0.05) is 36.5 Å². The molecule has 0 radical (unpaired) electrons. The van der Waals surface area contributed by atoms with Crippen LogP contribution >= 0.6 is 0 Å². The predicted octanol–water partition coefficient (Wildman–Crippen LogP) is 3.71. The monoisotopic (exact) mass is 484 g/mol. The molecule has 9 nitrogen and oxygen atoms in total. The Bertz CT molecular complexity index is 1710. The Balaban J connectivity index is 1.77. The number of aromatic amines is 1. The van der Waals surface area contributed by atoms with E-state index in [1.807, 2.05) is 26.0 Å². The molecule has 2 aromatic carbocycles. The number of pyridine rings is 1. The van der Waals surface area contributed by atoms with E-state index < -0.39 is 17.1 Å². The van der Waals surface area contributed by atoms with Gasteiger partial charge in [-0.05, 0) is 49.6 Å². The number of hydrogen-bond acceptors (Lipinski definition) is 8. The average molecular weight is 485 g/mol. The lowest BCUT2D eigenvalue weighted by Gasteiger charge is -2.26. The second-order valence-electron chi connectivity index (χ2n) is 8.42. The number of rotatable bonds is 5. The Hall–Kier alpha value is -4.71. The first-order chi connectivity index (χ1) is 17.4. The summed E-state index contributed by atoms with van der Waals surface area (Å²) in [6.45, 7) is 5.65. The van der Waals surface area contributed by atoms with E-state index in [0.717, 1.165) is 18.8 Å². The van der Waals surface area contributed by atoms with Crippen LogP contribution in [0, 0.1) is 11.3 Å². The Morgan fingerprint density at radius 3 is 2.61 bits per heavy atom. The molecule has 9 heteroatoms. The molecule has 0 saturated carbocycles. The number of H-pyrrole nitrogens is 1. The number of nitrogens with one attached hydrogen (secondary N) is 1. The lowest BCUT2D eigenvalue weighted by Crippen LogP contribution is -2.29. The molecule has 0 bridgehead atoms. The maximum Gasteiger partial charge on any atom is 0.344 e. The number of nitrogens with zero attached hydrogens (tertiary/aromatic N) is 2. The first kappa shape index (κ1) is 23.1. The van der Waals surface area contributed by atoms with E-state index in [1.54, 1.807) is 36.4 Å². The summed E-state index contributed by atoms with van der Waals surface area (Å²) >= 11 is 0. The predicted molar refractivity (Wildman–Crippen MR) is 136 cm³/mol. The summed E-state index contributed by atoms with van der Waals surface area (Å²) in [4.78, 5) is 31.5. The molecular weight excluding hydrogens is 460 g/mol. The zero-order valence-corrected chi connectivity index (χ0v) is 20.0. The van der Waals surface area contributed by atoms with Gasteiger partial charge < -0.3 is 29.5 Å². The third-order valence-electron chi connectivity index (χ3n) is 6.57. The number of nitriles is 1. The summed E-state index contributed by atoms with van der Waals surface area (Å²) < 4.78 is 16.8. The van der Waals surface area contributed by atoms with Crippen LogP contribution in [0.1, 0.15) is 30.9 Å². The lowest BCUT2D eigenvalue weighted by atomic mass is 9.84. The van der Waals surface area contributed by atoms with Crippen molar-refractivity contribution in [3.05, 3.63) is 85.8 Å².